The summed E-state index contributed by atoms with van der Waals surface area (Å²) in [7, 11) is 1.86. The number of para-hydroxylation sites is 1. The fraction of sp³-hybridized carbons (Fsp3) is 0.500. The standard InChI is InChI=1S/C14H20N2O2/c1-11(15(2)9-10-17)14(18)16-8-7-12-5-3-4-6-13(12)16/h3-6,11,17H,7-10H2,1-2H3. The van der Waals surface area contributed by atoms with Gasteiger partial charge in [-0.05, 0) is 32.0 Å². The zero-order valence-corrected chi connectivity index (χ0v) is 11.0. The van der Waals surface area contributed by atoms with E-state index in [9.17, 15) is 4.79 Å². The molecule has 1 N–H and O–H groups in total. The summed E-state index contributed by atoms with van der Waals surface area (Å²) in [4.78, 5) is 16.2. The Balaban J connectivity index is 2.11. The zero-order chi connectivity index (χ0) is 13.1. The van der Waals surface area contributed by atoms with Crippen molar-refractivity contribution in [2.45, 2.75) is 19.4 Å². The summed E-state index contributed by atoms with van der Waals surface area (Å²) in [5, 5.41) is 8.92. The van der Waals surface area contributed by atoms with E-state index in [-0.39, 0.29) is 18.6 Å². The maximum Gasteiger partial charge on any atom is 0.244 e. The van der Waals surface area contributed by atoms with Crippen molar-refractivity contribution in [1.82, 2.24) is 4.90 Å². The van der Waals surface area contributed by atoms with Gasteiger partial charge < -0.3 is 10.0 Å². The van der Waals surface area contributed by atoms with Gasteiger partial charge in [-0.25, -0.2) is 0 Å². The molecule has 1 amide bonds. The number of aliphatic hydroxyl groups is 1. The minimum Gasteiger partial charge on any atom is -0.395 e. The molecule has 1 aliphatic heterocycles. The Morgan fingerprint density at radius 3 is 2.94 bits per heavy atom. The first-order valence-corrected chi connectivity index (χ1v) is 6.35. The normalized spacial score (nSPS) is 15.9. The van der Waals surface area contributed by atoms with Crippen LogP contribution >= 0.6 is 0 Å². The fourth-order valence-electron chi connectivity index (χ4n) is 2.33. The van der Waals surface area contributed by atoms with E-state index in [0.29, 0.717) is 6.54 Å². The summed E-state index contributed by atoms with van der Waals surface area (Å²) >= 11 is 0. The maximum atomic E-state index is 12.4. The smallest absolute Gasteiger partial charge is 0.244 e. The zero-order valence-electron chi connectivity index (χ0n) is 11.0. The summed E-state index contributed by atoms with van der Waals surface area (Å²) < 4.78 is 0. The molecule has 98 valence electrons. The number of amides is 1. The van der Waals surface area contributed by atoms with Crippen LogP contribution in [0.4, 0.5) is 5.69 Å². The van der Waals surface area contributed by atoms with Crippen LogP contribution in [-0.4, -0.2) is 48.7 Å². The Bertz CT molecular complexity index is 434. The van der Waals surface area contributed by atoms with Gasteiger partial charge in [-0.2, -0.15) is 0 Å². The predicted molar refractivity (Wildman–Crippen MR) is 71.7 cm³/mol. The van der Waals surface area contributed by atoms with E-state index in [2.05, 4.69) is 6.07 Å². The molecule has 1 aliphatic rings. The van der Waals surface area contributed by atoms with Gasteiger partial charge in [-0.3, -0.25) is 9.69 Å². The van der Waals surface area contributed by atoms with Gasteiger partial charge in [0.25, 0.3) is 0 Å². The molecule has 0 spiro atoms. The predicted octanol–water partition coefficient (Wildman–Crippen LogP) is 0.888. The molecular formula is C14H20N2O2. The molecule has 4 nitrogen and oxygen atoms in total. The number of carbonyl (C=O) groups is 1. The second-order valence-corrected chi connectivity index (χ2v) is 4.75. The monoisotopic (exact) mass is 248 g/mol. The number of fused-ring (bicyclic) bond motifs is 1. The Hall–Kier alpha value is -1.39. The van der Waals surface area contributed by atoms with Gasteiger partial charge in [0.05, 0.1) is 12.6 Å². The Morgan fingerprint density at radius 2 is 2.22 bits per heavy atom. The average molecular weight is 248 g/mol. The van der Waals surface area contributed by atoms with E-state index in [1.54, 1.807) is 0 Å². The van der Waals surface area contributed by atoms with Crippen molar-refractivity contribution in [3.8, 4) is 0 Å². The molecule has 0 radical (unpaired) electrons. The quantitative estimate of drug-likeness (QED) is 0.860. The summed E-state index contributed by atoms with van der Waals surface area (Å²) in [6, 6.07) is 7.84. The van der Waals surface area contributed by atoms with Crippen molar-refractivity contribution in [3.05, 3.63) is 29.8 Å². The van der Waals surface area contributed by atoms with Gasteiger partial charge in [0.1, 0.15) is 0 Å². The largest absolute Gasteiger partial charge is 0.395 e. The molecule has 1 aromatic rings. The van der Waals surface area contributed by atoms with E-state index in [1.165, 1.54) is 5.56 Å². The van der Waals surface area contributed by atoms with Crippen molar-refractivity contribution < 1.29 is 9.90 Å². The first-order valence-electron chi connectivity index (χ1n) is 6.35. The van der Waals surface area contributed by atoms with Crippen LogP contribution in [0.25, 0.3) is 0 Å². The minimum absolute atomic E-state index is 0.0741. The molecule has 1 atom stereocenters. The molecule has 0 bridgehead atoms. The highest BCUT2D eigenvalue weighted by atomic mass is 16.3. The lowest BCUT2D eigenvalue weighted by molar-refractivity contribution is -0.122. The van der Waals surface area contributed by atoms with E-state index >= 15 is 0 Å². The highest BCUT2D eigenvalue weighted by Crippen LogP contribution is 2.28. The van der Waals surface area contributed by atoms with Gasteiger partial charge >= 0.3 is 0 Å². The SMILES string of the molecule is CC(C(=O)N1CCc2ccccc21)N(C)CCO. The van der Waals surface area contributed by atoms with Crippen LogP contribution in [0.5, 0.6) is 0 Å². The molecule has 0 saturated heterocycles. The Labute approximate surface area is 108 Å². The van der Waals surface area contributed by atoms with E-state index in [4.69, 9.17) is 5.11 Å². The van der Waals surface area contributed by atoms with Gasteiger partial charge in [0, 0.05) is 18.8 Å². The average Bonchev–Trinajstić information content (AvgIpc) is 2.81. The molecular weight excluding hydrogens is 228 g/mol. The number of likely N-dealkylation sites (N-methyl/N-ethyl adjacent to an activating group) is 1. The molecule has 0 saturated carbocycles. The molecule has 18 heavy (non-hydrogen) atoms. The van der Waals surface area contributed by atoms with E-state index in [0.717, 1.165) is 18.7 Å². The third-order valence-corrected chi connectivity index (χ3v) is 3.62. The first-order chi connectivity index (χ1) is 8.65. The van der Waals surface area contributed by atoms with Crippen LogP contribution < -0.4 is 4.90 Å². The molecule has 0 fully saturated rings. The number of hydrogen-bond acceptors (Lipinski definition) is 3. The van der Waals surface area contributed by atoms with Crippen LogP contribution in [0.3, 0.4) is 0 Å². The van der Waals surface area contributed by atoms with Gasteiger partial charge in [0.15, 0.2) is 0 Å². The lowest BCUT2D eigenvalue weighted by Crippen LogP contribution is -2.46. The molecule has 0 aliphatic carbocycles. The van der Waals surface area contributed by atoms with Gasteiger partial charge in [-0.15, -0.1) is 0 Å². The fourth-order valence-corrected chi connectivity index (χ4v) is 2.33. The van der Waals surface area contributed by atoms with Gasteiger partial charge in [0.2, 0.25) is 5.91 Å². The molecule has 1 aromatic carbocycles. The molecule has 1 heterocycles. The summed E-state index contributed by atoms with van der Waals surface area (Å²) in [6.07, 6.45) is 0.929. The Kier molecular flexibility index (Phi) is 3.99. The van der Waals surface area contributed by atoms with Crippen LogP contribution in [0, 0.1) is 0 Å². The van der Waals surface area contributed by atoms with Crippen LogP contribution in [0.2, 0.25) is 0 Å². The third-order valence-electron chi connectivity index (χ3n) is 3.62. The number of benzene rings is 1. The molecule has 1 unspecified atom stereocenters. The van der Waals surface area contributed by atoms with Crippen LogP contribution in [-0.2, 0) is 11.2 Å². The number of nitrogens with zero attached hydrogens (tertiary/aromatic N) is 2. The summed E-state index contributed by atoms with van der Waals surface area (Å²) in [5.41, 5.74) is 2.27. The number of aliphatic hydroxyl groups excluding tert-OH is 1. The van der Waals surface area contributed by atoms with Gasteiger partial charge in [-0.1, -0.05) is 18.2 Å². The molecule has 0 aromatic heterocycles. The number of carbonyl (C=O) groups excluding carboxylic acids is 1. The van der Waals surface area contributed by atoms with Crippen molar-refractivity contribution >= 4 is 11.6 Å². The van der Waals surface area contributed by atoms with Crippen molar-refractivity contribution in [2.24, 2.45) is 0 Å². The summed E-state index contributed by atoms with van der Waals surface area (Å²) in [5.74, 6) is 0.107. The van der Waals surface area contributed by atoms with E-state index < -0.39 is 0 Å². The molecule has 4 heteroatoms. The third kappa shape index (κ3) is 2.40. The van der Waals surface area contributed by atoms with Crippen molar-refractivity contribution in [3.63, 3.8) is 0 Å². The number of hydrogen-bond donors (Lipinski definition) is 1. The lowest BCUT2D eigenvalue weighted by Gasteiger charge is -2.27. The van der Waals surface area contributed by atoms with Crippen LogP contribution in [0.15, 0.2) is 24.3 Å². The second kappa shape index (κ2) is 5.50. The second-order valence-electron chi connectivity index (χ2n) is 4.75. The topological polar surface area (TPSA) is 43.8 Å². The maximum absolute atomic E-state index is 12.4. The first kappa shape index (κ1) is 13.1. The summed E-state index contributed by atoms with van der Waals surface area (Å²) in [6.45, 7) is 3.24. The van der Waals surface area contributed by atoms with E-state index in [1.807, 2.05) is 42.0 Å². The minimum atomic E-state index is -0.205. The lowest BCUT2D eigenvalue weighted by atomic mass is 10.2. The van der Waals surface area contributed by atoms with Crippen molar-refractivity contribution in [2.75, 3.05) is 31.6 Å². The van der Waals surface area contributed by atoms with Crippen molar-refractivity contribution in [1.29, 1.82) is 0 Å². The van der Waals surface area contributed by atoms with Crippen LogP contribution in [0.1, 0.15) is 12.5 Å². The highest BCUT2D eigenvalue weighted by molar-refractivity contribution is 5.98. The number of anilines is 1. The molecule has 2 rings (SSSR count). The number of rotatable bonds is 4. The highest BCUT2D eigenvalue weighted by Gasteiger charge is 2.29. The Morgan fingerprint density at radius 1 is 1.50 bits per heavy atom.